The first-order valence-corrected chi connectivity index (χ1v) is 7.73. The van der Waals surface area contributed by atoms with E-state index in [-0.39, 0.29) is 17.4 Å². The Labute approximate surface area is 136 Å². The van der Waals surface area contributed by atoms with Gasteiger partial charge in [-0.15, -0.1) is 0 Å². The first kappa shape index (κ1) is 14.8. The fourth-order valence-corrected chi connectivity index (χ4v) is 3.27. The van der Waals surface area contributed by atoms with Gasteiger partial charge in [-0.3, -0.25) is 9.78 Å². The van der Waals surface area contributed by atoms with E-state index in [9.17, 15) is 14.7 Å². The van der Waals surface area contributed by atoms with Crippen LogP contribution in [-0.2, 0) is 0 Å². The van der Waals surface area contributed by atoms with Crippen molar-refractivity contribution in [1.82, 2.24) is 24.6 Å². The maximum absolute atomic E-state index is 12.1. The highest BCUT2D eigenvalue weighted by atomic mass is 16.3. The molecule has 1 saturated carbocycles. The molecule has 1 fully saturated rings. The summed E-state index contributed by atoms with van der Waals surface area (Å²) >= 11 is 0. The zero-order valence-electron chi connectivity index (χ0n) is 13.3. The molecule has 0 spiro atoms. The summed E-state index contributed by atoms with van der Waals surface area (Å²) < 4.78 is 1.62. The quantitative estimate of drug-likeness (QED) is 0.653. The second-order valence-corrected chi connectivity index (χ2v) is 6.77. The number of aromatic nitrogens is 5. The summed E-state index contributed by atoms with van der Waals surface area (Å²) in [4.78, 5) is 32.3. The van der Waals surface area contributed by atoms with Gasteiger partial charge in [-0.2, -0.15) is 5.10 Å². The standard InChI is InChI=1S/C16H17N5O3/c1-16(2,24)11-5-8(11)9-6-12(20-21-4-3-17-13(9)21)10-7-18-15(23)19-14(10)22/h3-4,6-8,11,24H,5H2,1-2H3,(H2,18,19,22,23)/t8-,11+/m0/s1. The highest BCUT2D eigenvalue weighted by Gasteiger charge is 2.48. The molecule has 4 rings (SSSR count). The summed E-state index contributed by atoms with van der Waals surface area (Å²) in [5.41, 5.74) is 0.580. The third-order valence-corrected chi connectivity index (χ3v) is 4.58. The van der Waals surface area contributed by atoms with Gasteiger partial charge >= 0.3 is 5.69 Å². The van der Waals surface area contributed by atoms with Crippen molar-refractivity contribution in [3.63, 3.8) is 0 Å². The second-order valence-electron chi connectivity index (χ2n) is 6.77. The molecule has 3 N–H and O–H groups in total. The Balaban J connectivity index is 1.87. The Kier molecular flexibility index (Phi) is 3.01. The molecule has 0 unspecified atom stereocenters. The first-order valence-electron chi connectivity index (χ1n) is 7.73. The lowest BCUT2D eigenvalue weighted by Crippen LogP contribution is -2.23. The second kappa shape index (κ2) is 4.88. The van der Waals surface area contributed by atoms with Crippen LogP contribution in [0.4, 0.5) is 0 Å². The summed E-state index contributed by atoms with van der Waals surface area (Å²) in [6.45, 7) is 3.60. The van der Waals surface area contributed by atoms with Crippen LogP contribution in [0.25, 0.3) is 16.9 Å². The van der Waals surface area contributed by atoms with Gasteiger partial charge in [-0.1, -0.05) is 0 Å². The number of aliphatic hydroxyl groups is 1. The van der Waals surface area contributed by atoms with Crippen molar-refractivity contribution in [2.45, 2.75) is 31.8 Å². The first-order chi connectivity index (χ1) is 11.3. The van der Waals surface area contributed by atoms with E-state index < -0.39 is 16.9 Å². The minimum absolute atomic E-state index is 0.141. The third kappa shape index (κ3) is 2.35. The lowest BCUT2D eigenvalue weighted by Gasteiger charge is -2.17. The smallest absolute Gasteiger partial charge is 0.325 e. The number of aromatic amines is 2. The van der Waals surface area contributed by atoms with Gasteiger partial charge in [-0.25, -0.2) is 14.3 Å². The number of fused-ring (bicyclic) bond motifs is 1. The van der Waals surface area contributed by atoms with Gasteiger partial charge < -0.3 is 10.1 Å². The Morgan fingerprint density at radius 3 is 2.83 bits per heavy atom. The Morgan fingerprint density at radius 1 is 1.38 bits per heavy atom. The zero-order chi connectivity index (χ0) is 17.1. The number of rotatable bonds is 3. The molecule has 0 aliphatic heterocycles. The molecule has 24 heavy (non-hydrogen) atoms. The van der Waals surface area contributed by atoms with Crippen LogP contribution in [-0.4, -0.2) is 35.3 Å². The van der Waals surface area contributed by atoms with Gasteiger partial charge in [0.15, 0.2) is 5.65 Å². The van der Waals surface area contributed by atoms with Crippen molar-refractivity contribution in [1.29, 1.82) is 0 Å². The number of H-pyrrole nitrogens is 2. The average Bonchev–Trinajstić information content (AvgIpc) is 3.17. The minimum atomic E-state index is -0.771. The summed E-state index contributed by atoms with van der Waals surface area (Å²) in [5, 5.41) is 14.6. The van der Waals surface area contributed by atoms with Crippen molar-refractivity contribution in [3.05, 3.63) is 51.1 Å². The summed E-state index contributed by atoms with van der Waals surface area (Å²) in [7, 11) is 0. The molecule has 8 nitrogen and oxygen atoms in total. The van der Waals surface area contributed by atoms with Gasteiger partial charge in [0, 0.05) is 24.2 Å². The van der Waals surface area contributed by atoms with Gasteiger partial charge in [0.05, 0.1) is 16.9 Å². The van der Waals surface area contributed by atoms with Crippen LogP contribution >= 0.6 is 0 Å². The molecule has 2 atom stereocenters. The van der Waals surface area contributed by atoms with E-state index in [2.05, 4.69) is 20.1 Å². The number of imidazole rings is 1. The molecule has 0 saturated heterocycles. The zero-order valence-corrected chi connectivity index (χ0v) is 13.3. The van der Waals surface area contributed by atoms with E-state index in [1.54, 1.807) is 30.8 Å². The predicted molar refractivity (Wildman–Crippen MR) is 86.8 cm³/mol. The highest BCUT2D eigenvalue weighted by molar-refractivity contribution is 5.63. The van der Waals surface area contributed by atoms with Crippen molar-refractivity contribution < 1.29 is 5.11 Å². The molecule has 1 aliphatic rings. The molecule has 8 heteroatoms. The molecule has 3 aromatic rings. The molecular weight excluding hydrogens is 310 g/mol. The number of hydrogen-bond donors (Lipinski definition) is 3. The van der Waals surface area contributed by atoms with Crippen LogP contribution in [0.1, 0.15) is 31.7 Å². The van der Waals surface area contributed by atoms with Crippen LogP contribution in [0.3, 0.4) is 0 Å². The summed E-state index contributed by atoms with van der Waals surface area (Å²) in [5.74, 6) is 0.306. The van der Waals surface area contributed by atoms with Crippen molar-refractivity contribution in [2.75, 3.05) is 0 Å². The van der Waals surface area contributed by atoms with Gasteiger partial charge in [0.2, 0.25) is 0 Å². The van der Waals surface area contributed by atoms with Gasteiger partial charge in [-0.05, 0) is 38.2 Å². The monoisotopic (exact) mass is 327 g/mol. The van der Waals surface area contributed by atoms with E-state index in [0.29, 0.717) is 5.69 Å². The molecule has 124 valence electrons. The van der Waals surface area contributed by atoms with Crippen LogP contribution in [0.15, 0.2) is 34.2 Å². The molecule has 0 amide bonds. The molecule has 0 aromatic carbocycles. The topological polar surface area (TPSA) is 116 Å². The predicted octanol–water partition coefficient (Wildman–Crippen LogP) is 0.647. The van der Waals surface area contributed by atoms with Crippen LogP contribution in [0.5, 0.6) is 0 Å². The molecular formula is C16H17N5O3. The van der Waals surface area contributed by atoms with Crippen LogP contribution in [0.2, 0.25) is 0 Å². The van der Waals surface area contributed by atoms with E-state index >= 15 is 0 Å². The maximum Gasteiger partial charge on any atom is 0.325 e. The summed E-state index contributed by atoms with van der Waals surface area (Å²) in [6, 6.07) is 1.82. The maximum atomic E-state index is 12.1. The van der Waals surface area contributed by atoms with Crippen LogP contribution in [0, 0.1) is 5.92 Å². The lowest BCUT2D eigenvalue weighted by molar-refractivity contribution is 0.0546. The molecule has 0 radical (unpaired) electrons. The van der Waals surface area contributed by atoms with E-state index in [0.717, 1.165) is 17.6 Å². The SMILES string of the molecule is CC(C)(O)[C@@H]1C[C@H]1c1cc(-c2c[nH]c(=O)[nH]c2=O)nn2ccnc12. The van der Waals surface area contributed by atoms with Crippen molar-refractivity contribution in [2.24, 2.45) is 5.92 Å². The molecule has 3 aromatic heterocycles. The number of nitrogens with zero attached hydrogens (tertiary/aromatic N) is 3. The largest absolute Gasteiger partial charge is 0.390 e. The lowest BCUT2D eigenvalue weighted by atomic mass is 9.98. The fraction of sp³-hybridized carbons (Fsp3) is 0.375. The van der Waals surface area contributed by atoms with E-state index in [1.807, 2.05) is 6.07 Å². The van der Waals surface area contributed by atoms with Crippen molar-refractivity contribution in [3.8, 4) is 11.3 Å². The normalized spacial score (nSPS) is 20.5. The summed E-state index contributed by atoms with van der Waals surface area (Å²) in [6.07, 6.45) is 5.58. The molecule has 0 bridgehead atoms. The molecule has 1 aliphatic carbocycles. The molecule has 3 heterocycles. The Morgan fingerprint density at radius 2 is 2.17 bits per heavy atom. The van der Waals surface area contributed by atoms with E-state index in [4.69, 9.17) is 0 Å². The fourth-order valence-electron chi connectivity index (χ4n) is 3.27. The minimum Gasteiger partial charge on any atom is -0.390 e. The Hall–Kier alpha value is -2.74. The highest BCUT2D eigenvalue weighted by Crippen LogP contribution is 2.54. The van der Waals surface area contributed by atoms with Crippen molar-refractivity contribution >= 4 is 5.65 Å². The third-order valence-electron chi connectivity index (χ3n) is 4.58. The van der Waals surface area contributed by atoms with Gasteiger partial charge in [0.25, 0.3) is 5.56 Å². The number of nitrogens with one attached hydrogen (secondary N) is 2. The Bertz CT molecular complexity index is 1040. The average molecular weight is 327 g/mol. The van der Waals surface area contributed by atoms with Crippen LogP contribution < -0.4 is 11.2 Å². The number of hydrogen-bond acceptors (Lipinski definition) is 5. The van der Waals surface area contributed by atoms with E-state index in [1.165, 1.54) is 6.20 Å². The van der Waals surface area contributed by atoms with Gasteiger partial charge in [0.1, 0.15) is 0 Å².